The highest BCUT2D eigenvalue weighted by atomic mass is 127. The minimum atomic E-state index is -3.46. The summed E-state index contributed by atoms with van der Waals surface area (Å²) in [7, 11) is -3.46. The number of ether oxygens (including phenoxy) is 1. The van der Waals surface area contributed by atoms with E-state index in [9.17, 15) is 13.2 Å². The van der Waals surface area contributed by atoms with Crippen LogP contribution >= 0.6 is 22.6 Å². The molecule has 3 rings (SSSR count). The van der Waals surface area contributed by atoms with Gasteiger partial charge in [0.2, 0.25) is 0 Å². The molecule has 1 aromatic carbocycles. The molecule has 0 aliphatic carbocycles. The lowest BCUT2D eigenvalue weighted by molar-refractivity contribution is 0.0636. The zero-order valence-corrected chi connectivity index (χ0v) is 16.2. The smallest absolute Gasteiger partial charge is 0.282 e. The number of piperazine rings is 1. The van der Waals surface area contributed by atoms with Crippen molar-refractivity contribution in [1.29, 1.82) is 0 Å². The number of rotatable bonds is 3. The van der Waals surface area contributed by atoms with Gasteiger partial charge in [-0.05, 0) is 40.8 Å². The Morgan fingerprint density at radius 3 is 2.25 bits per heavy atom. The molecule has 0 radical (unpaired) electrons. The molecule has 2 aliphatic heterocycles. The number of benzene rings is 1. The number of hydrogen-bond donors (Lipinski definition) is 0. The largest absolute Gasteiger partial charge is 0.379 e. The number of nitrogens with zero attached hydrogens (tertiary/aromatic N) is 3. The summed E-state index contributed by atoms with van der Waals surface area (Å²) < 4.78 is 34.4. The summed E-state index contributed by atoms with van der Waals surface area (Å²) in [6.45, 7) is 3.13. The van der Waals surface area contributed by atoms with Gasteiger partial charge in [0.1, 0.15) is 0 Å². The second-order valence-electron chi connectivity index (χ2n) is 5.72. The Labute approximate surface area is 155 Å². The molecule has 0 N–H and O–H groups in total. The van der Waals surface area contributed by atoms with Gasteiger partial charge in [0.05, 0.1) is 13.2 Å². The van der Waals surface area contributed by atoms with Gasteiger partial charge in [0.25, 0.3) is 16.1 Å². The molecule has 2 fully saturated rings. The molecule has 0 aromatic heterocycles. The predicted molar refractivity (Wildman–Crippen MR) is 97.9 cm³/mol. The van der Waals surface area contributed by atoms with E-state index in [1.54, 1.807) is 11.0 Å². The van der Waals surface area contributed by atoms with Crippen molar-refractivity contribution in [1.82, 2.24) is 13.5 Å². The van der Waals surface area contributed by atoms with E-state index in [4.69, 9.17) is 4.74 Å². The molecule has 1 amide bonds. The summed E-state index contributed by atoms with van der Waals surface area (Å²) >= 11 is 2.17. The van der Waals surface area contributed by atoms with Crippen LogP contribution in [0.1, 0.15) is 10.4 Å². The van der Waals surface area contributed by atoms with E-state index in [1.165, 1.54) is 8.61 Å². The van der Waals surface area contributed by atoms with E-state index in [-0.39, 0.29) is 5.91 Å². The molecule has 0 saturated carbocycles. The summed E-state index contributed by atoms with van der Waals surface area (Å²) in [4.78, 5) is 14.3. The van der Waals surface area contributed by atoms with Crippen molar-refractivity contribution in [3.05, 3.63) is 33.4 Å². The van der Waals surface area contributed by atoms with Gasteiger partial charge < -0.3 is 9.64 Å². The first-order valence-corrected chi connectivity index (χ1v) is 10.3. The van der Waals surface area contributed by atoms with Crippen LogP contribution in [0.5, 0.6) is 0 Å². The minimum absolute atomic E-state index is 0.0445. The normalized spacial score (nSPS) is 21.0. The molecule has 2 saturated heterocycles. The van der Waals surface area contributed by atoms with E-state index < -0.39 is 10.2 Å². The Bertz CT molecular complexity index is 698. The Morgan fingerprint density at radius 1 is 1.00 bits per heavy atom. The third-order valence-electron chi connectivity index (χ3n) is 4.22. The van der Waals surface area contributed by atoms with E-state index in [2.05, 4.69) is 22.6 Å². The number of carbonyl (C=O) groups excluding carboxylic acids is 1. The Kier molecular flexibility index (Phi) is 5.75. The monoisotopic (exact) mass is 465 g/mol. The maximum atomic E-state index is 12.6. The average Bonchev–Trinajstić information content (AvgIpc) is 2.62. The van der Waals surface area contributed by atoms with Gasteiger partial charge in [-0.2, -0.15) is 17.0 Å². The quantitative estimate of drug-likeness (QED) is 0.615. The molecule has 2 aliphatic rings. The molecule has 132 valence electrons. The van der Waals surface area contributed by atoms with E-state index in [1.807, 2.05) is 18.2 Å². The van der Waals surface area contributed by atoms with Crippen molar-refractivity contribution in [2.45, 2.75) is 0 Å². The zero-order valence-electron chi connectivity index (χ0n) is 13.2. The number of morpholine rings is 1. The van der Waals surface area contributed by atoms with Gasteiger partial charge in [0.15, 0.2) is 0 Å². The molecule has 7 nitrogen and oxygen atoms in total. The minimum Gasteiger partial charge on any atom is -0.379 e. The second-order valence-corrected chi connectivity index (χ2v) is 8.89. The maximum absolute atomic E-state index is 12.6. The van der Waals surface area contributed by atoms with E-state index in [0.717, 1.165) is 3.57 Å². The summed E-state index contributed by atoms with van der Waals surface area (Å²) in [5.74, 6) is -0.0445. The van der Waals surface area contributed by atoms with Crippen molar-refractivity contribution >= 4 is 38.7 Å². The van der Waals surface area contributed by atoms with Crippen molar-refractivity contribution in [3.8, 4) is 0 Å². The number of carbonyl (C=O) groups is 1. The first-order valence-electron chi connectivity index (χ1n) is 7.86. The molecule has 0 unspecified atom stereocenters. The molecule has 2 heterocycles. The van der Waals surface area contributed by atoms with Gasteiger partial charge in [-0.1, -0.05) is 6.07 Å². The molecule has 24 heavy (non-hydrogen) atoms. The summed E-state index contributed by atoms with van der Waals surface area (Å²) in [5.41, 5.74) is 0.645. The molecule has 0 spiro atoms. The lowest BCUT2D eigenvalue weighted by atomic mass is 10.2. The van der Waals surface area contributed by atoms with E-state index >= 15 is 0 Å². The van der Waals surface area contributed by atoms with Crippen molar-refractivity contribution in [2.24, 2.45) is 0 Å². The Morgan fingerprint density at radius 2 is 1.62 bits per heavy atom. The number of hydrogen-bond acceptors (Lipinski definition) is 4. The number of halogens is 1. The van der Waals surface area contributed by atoms with Crippen LogP contribution in [0.15, 0.2) is 24.3 Å². The summed E-state index contributed by atoms with van der Waals surface area (Å²) in [6, 6.07) is 7.43. The fraction of sp³-hybridized carbons (Fsp3) is 0.533. The fourth-order valence-electron chi connectivity index (χ4n) is 2.87. The summed E-state index contributed by atoms with van der Waals surface area (Å²) in [5, 5.41) is 0. The molecule has 0 bridgehead atoms. The molecular formula is C15H20IN3O4S. The maximum Gasteiger partial charge on any atom is 0.282 e. The van der Waals surface area contributed by atoms with Gasteiger partial charge >= 0.3 is 0 Å². The van der Waals surface area contributed by atoms with Crippen LogP contribution in [0, 0.1) is 3.57 Å². The van der Waals surface area contributed by atoms with Gasteiger partial charge in [0, 0.05) is 48.4 Å². The summed E-state index contributed by atoms with van der Waals surface area (Å²) in [6.07, 6.45) is 0. The predicted octanol–water partition coefficient (Wildman–Crippen LogP) is 0.626. The van der Waals surface area contributed by atoms with Crippen molar-refractivity contribution in [2.75, 3.05) is 52.5 Å². The van der Waals surface area contributed by atoms with Crippen LogP contribution in [0.25, 0.3) is 0 Å². The highest BCUT2D eigenvalue weighted by molar-refractivity contribution is 14.1. The molecular weight excluding hydrogens is 445 g/mol. The SMILES string of the molecule is O=C(c1cccc(I)c1)N1CCN(S(=O)(=O)N2CCOCC2)CC1. The highest BCUT2D eigenvalue weighted by Crippen LogP contribution is 2.16. The van der Waals surface area contributed by atoms with Crippen LogP contribution < -0.4 is 0 Å². The van der Waals surface area contributed by atoms with Gasteiger partial charge in [-0.3, -0.25) is 4.79 Å². The van der Waals surface area contributed by atoms with Gasteiger partial charge in [-0.15, -0.1) is 0 Å². The standard InChI is InChI=1S/C15H20IN3O4S/c16-14-3-1-2-13(12-14)15(20)17-4-6-18(7-5-17)24(21,22)19-8-10-23-11-9-19/h1-3,12H,4-11H2. The lowest BCUT2D eigenvalue weighted by Gasteiger charge is -2.37. The van der Waals surface area contributed by atoms with Gasteiger partial charge in [-0.25, -0.2) is 0 Å². The molecule has 0 atom stereocenters. The molecule has 1 aromatic rings. The first kappa shape index (κ1) is 18.1. The molecule has 9 heteroatoms. The number of amides is 1. The van der Waals surface area contributed by atoms with E-state index in [0.29, 0.717) is 58.0 Å². The third-order valence-corrected chi connectivity index (χ3v) is 6.93. The van der Waals surface area contributed by atoms with Crippen molar-refractivity contribution < 1.29 is 17.9 Å². The van der Waals surface area contributed by atoms with Crippen LogP contribution in [-0.4, -0.2) is 80.3 Å². The van der Waals surface area contributed by atoms with Crippen LogP contribution in [0.3, 0.4) is 0 Å². The van der Waals surface area contributed by atoms with Crippen LogP contribution in [0.4, 0.5) is 0 Å². The lowest BCUT2D eigenvalue weighted by Crippen LogP contribution is -2.55. The zero-order chi connectivity index (χ0) is 17.2. The van der Waals surface area contributed by atoms with Crippen molar-refractivity contribution in [3.63, 3.8) is 0 Å². The third kappa shape index (κ3) is 3.90. The first-order chi connectivity index (χ1) is 11.5. The topological polar surface area (TPSA) is 70.2 Å². The Balaban J connectivity index is 1.62. The van der Waals surface area contributed by atoms with Crippen LogP contribution in [0.2, 0.25) is 0 Å². The Hall–Kier alpha value is -0.750. The van der Waals surface area contributed by atoms with Crippen LogP contribution in [-0.2, 0) is 14.9 Å². The highest BCUT2D eigenvalue weighted by Gasteiger charge is 2.34. The second kappa shape index (κ2) is 7.65. The average molecular weight is 465 g/mol. The fourth-order valence-corrected chi connectivity index (χ4v) is 4.97.